The molecule has 0 unspecified atom stereocenters. The summed E-state index contributed by atoms with van der Waals surface area (Å²) in [6, 6.07) is 0. The Morgan fingerprint density at radius 1 is 1.31 bits per heavy atom. The minimum Gasteiger partial charge on any atom is -0.377 e. The van der Waals surface area contributed by atoms with E-state index in [9.17, 15) is 0 Å². The highest BCUT2D eigenvalue weighted by Crippen LogP contribution is 2.27. The fraction of sp³-hybridized carbons (Fsp3) is 0.867. The first-order chi connectivity index (χ1) is 7.75. The molecule has 94 valence electrons. The van der Waals surface area contributed by atoms with Crippen LogP contribution in [0.2, 0.25) is 0 Å². The lowest BCUT2D eigenvalue weighted by Gasteiger charge is -2.25. The van der Waals surface area contributed by atoms with Crippen molar-refractivity contribution < 1.29 is 4.74 Å². The van der Waals surface area contributed by atoms with Gasteiger partial charge in [0.2, 0.25) is 0 Å². The maximum Gasteiger partial charge on any atom is 0.0660 e. The van der Waals surface area contributed by atoms with E-state index in [-0.39, 0.29) is 0 Å². The second kappa shape index (κ2) is 7.89. The molecule has 0 amide bonds. The van der Waals surface area contributed by atoms with Crippen LogP contribution in [-0.4, -0.2) is 12.7 Å². The first-order valence-electron chi connectivity index (χ1n) is 7.04. The molecule has 1 nitrogen and oxygen atoms in total. The van der Waals surface area contributed by atoms with Gasteiger partial charge in [0.25, 0.3) is 0 Å². The van der Waals surface area contributed by atoms with Crippen molar-refractivity contribution in [1.29, 1.82) is 0 Å². The predicted octanol–water partition coefficient (Wildman–Crippen LogP) is 4.57. The maximum absolute atomic E-state index is 5.98. The molecule has 0 saturated carbocycles. The van der Waals surface area contributed by atoms with Gasteiger partial charge in [-0.05, 0) is 25.2 Å². The van der Waals surface area contributed by atoms with E-state index in [0.717, 1.165) is 6.61 Å². The van der Waals surface area contributed by atoms with Crippen molar-refractivity contribution in [3.05, 3.63) is 12.2 Å². The zero-order valence-electron chi connectivity index (χ0n) is 11.2. The summed E-state index contributed by atoms with van der Waals surface area (Å²) in [5, 5.41) is 0. The lowest BCUT2D eigenvalue weighted by atomic mass is 9.89. The number of hydrogen-bond donors (Lipinski definition) is 0. The molecule has 0 aromatic heterocycles. The van der Waals surface area contributed by atoms with Gasteiger partial charge in [-0.3, -0.25) is 0 Å². The minimum atomic E-state index is 0.445. The molecule has 0 bridgehead atoms. The number of ether oxygens (including phenoxy) is 1. The molecule has 0 radical (unpaired) electrons. The molecule has 0 aromatic carbocycles. The second-order valence-corrected chi connectivity index (χ2v) is 5.31. The Labute approximate surface area is 101 Å². The Balaban J connectivity index is 2.47. The van der Waals surface area contributed by atoms with Crippen molar-refractivity contribution >= 4 is 0 Å². The molecule has 0 aliphatic carbocycles. The van der Waals surface area contributed by atoms with Gasteiger partial charge in [0, 0.05) is 12.5 Å². The van der Waals surface area contributed by atoms with Crippen LogP contribution in [0.1, 0.15) is 59.3 Å². The largest absolute Gasteiger partial charge is 0.377 e. The summed E-state index contributed by atoms with van der Waals surface area (Å²) >= 11 is 0. The van der Waals surface area contributed by atoms with E-state index in [2.05, 4.69) is 32.9 Å². The van der Waals surface area contributed by atoms with Crippen molar-refractivity contribution in [2.45, 2.75) is 65.4 Å². The maximum atomic E-state index is 5.98. The lowest BCUT2D eigenvalue weighted by Crippen LogP contribution is -2.26. The fourth-order valence-corrected chi connectivity index (χ4v) is 2.47. The molecule has 0 N–H and O–H groups in total. The van der Waals surface area contributed by atoms with Crippen molar-refractivity contribution in [1.82, 2.24) is 0 Å². The molecular weight excluding hydrogens is 196 g/mol. The van der Waals surface area contributed by atoms with E-state index in [1.807, 2.05) is 0 Å². The quantitative estimate of drug-likeness (QED) is 0.491. The molecule has 1 saturated heterocycles. The van der Waals surface area contributed by atoms with Gasteiger partial charge in [0.05, 0.1) is 6.10 Å². The average Bonchev–Trinajstić information content (AvgIpc) is 2.49. The van der Waals surface area contributed by atoms with E-state index < -0.39 is 0 Å². The van der Waals surface area contributed by atoms with Crippen molar-refractivity contribution in [2.75, 3.05) is 6.61 Å². The SMILES string of the molecule is CCCC/C=C/[C@H]1CCCCO[C@@H]1C(C)C. The third-order valence-corrected chi connectivity index (χ3v) is 3.43. The Morgan fingerprint density at radius 3 is 2.81 bits per heavy atom. The van der Waals surface area contributed by atoms with Crippen LogP contribution in [0.4, 0.5) is 0 Å². The van der Waals surface area contributed by atoms with Crippen molar-refractivity contribution in [3.8, 4) is 0 Å². The zero-order valence-corrected chi connectivity index (χ0v) is 11.2. The summed E-state index contributed by atoms with van der Waals surface area (Å²) in [5.41, 5.74) is 0. The Bertz CT molecular complexity index is 196. The highest BCUT2D eigenvalue weighted by molar-refractivity contribution is 4.94. The molecule has 1 heterocycles. The topological polar surface area (TPSA) is 9.23 Å². The highest BCUT2D eigenvalue weighted by Gasteiger charge is 2.24. The van der Waals surface area contributed by atoms with Crippen LogP contribution in [0, 0.1) is 11.8 Å². The first kappa shape index (κ1) is 13.8. The predicted molar refractivity (Wildman–Crippen MR) is 70.6 cm³/mol. The van der Waals surface area contributed by atoms with Crippen LogP contribution >= 0.6 is 0 Å². The second-order valence-electron chi connectivity index (χ2n) is 5.31. The number of allylic oxidation sites excluding steroid dienone is 1. The fourth-order valence-electron chi connectivity index (χ4n) is 2.47. The van der Waals surface area contributed by atoms with E-state index in [1.54, 1.807) is 0 Å². The summed E-state index contributed by atoms with van der Waals surface area (Å²) in [4.78, 5) is 0. The third-order valence-electron chi connectivity index (χ3n) is 3.43. The monoisotopic (exact) mass is 224 g/mol. The third kappa shape index (κ3) is 4.69. The Kier molecular flexibility index (Phi) is 6.79. The molecule has 1 rings (SSSR count). The Morgan fingerprint density at radius 2 is 2.12 bits per heavy atom. The van der Waals surface area contributed by atoms with Crippen LogP contribution in [0.5, 0.6) is 0 Å². The van der Waals surface area contributed by atoms with Crippen LogP contribution in [0.15, 0.2) is 12.2 Å². The molecular formula is C15H28O. The van der Waals surface area contributed by atoms with Crippen LogP contribution < -0.4 is 0 Å². The summed E-state index contributed by atoms with van der Waals surface area (Å²) in [5.74, 6) is 1.29. The van der Waals surface area contributed by atoms with Gasteiger partial charge < -0.3 is 4.74 Å². The van der Waals surface area contributed by atoms with Crippen LogP contribution in [-0.2, 0) is 4.74 Å². The van der Waals surface area contributed by atoms with Gasteiger partial charge >= 0.3 is 0 Å². The van der Waals surface area contributed by atoms with E-state index in [4.69, 9.17) is 4.74 Å². The first-order valence-corrected chi connectivity index (χ1v) is 7.04. The van der Waals surface area contributed by atoms with Crippen LogP contribution in [0.3, 0.4) is 0 Å². The van der Waals surface area contributed by atoms with Gasteiger partial charge in [0.1, 0.15) is 0 Å². The van der Waals surface area contributed by atoms with Crippen molar-refractivity contribution in [3.63, 3.8) is 0 Å². The number of hydrogen-bond acceptors (Lipinski definition) is 1. The van der Waals surface area contributed by atoms with Crippen LogP contribution in [0.25, 0.3) is 0 Å². The smallest absolute Gasteiger partial charge is 0.0660 e. The molecule has 1 heteroatoms. The van der Waals surface area contributed by atoms with Gasteiger partial charge in [-0.25, -0.2) is 0 Å². The minimum absolute atomic E-state index is 0.445. The molecule has 1 fully saturated rings. The molecule has 0 spiro atoms. The average molecular weight is 224 g/mol. The van der Waals surface area contributed by atoms with Gasteiger partial charge in [-0.1, -0.05) is 52.2 Å². The lowest BCUT2D eigenvalue weighted by molar-refractivity contribution is 0.00663. The standard InChI is InChI=1S/C15H28O/c1-4-5-6-7-10-14-11-8-9-12-16-15(14)13(2)3/h7,10,13-15H,4-6,8-9,11-12H2,1-3H3/b10-7+/t14-,15+/m0/s1. The number of rotatable bonds is 5. The summed E-state index contributed by atoms with van der Waals surface area (Å²) < 4.78 is 5.98. The molecule has 1 aliphatic heterocycles. The summed E-state index contributed by atoms with van der Waals surface area (Å²) in [7, 11) is 0. The molecule has 1 aliphatic rings. The van der Waals surface area contributed by atoms with E-state index in [1.165, 1.54) is 38.5 Å². The zero-order chi connectivity index (χ0) is 11.8. The molecule has 16 heavy (non-hydrogen) atoms. The van der Waals surface area contributed by atoms with E-state index >= 15 is 0 Å². The normalized spacial score (nSPS) is 27.5. The molecule has 0 aromatic rings. The van der Waals surface area contributed by atoms with Crippen molar-refractivity contribution in [2.24, 2.45) is 11.8 Å². The summed E-state index contributed by atoms with van der Waals surface area (Å²) in [6.07, 6.45) is 13.0. The Hall–Kier alpha value is -0.300. The van der Waals surface area contributed by atoms with E-state index in [0.29, 0.717) is 17.9 Å². The molecule has 2 atom stereocenters. The number of unbranched alkanes of at least 4 members (excludes halogenated alkanes) is 2. The highest BCUT2D eigenvalue weighted by atomic mass is 16.5. The summed E-state index contributed by atoms with van der Waals surface area (Å²) in [6.45, 7) is 7.77. The van der Waals surface area contributed by atoms with Gasteiger partial charge in [0.15, 0.2) is 0 Å². The van der Waals surface area contributed by atoms with Gasteiger partial charge in [-0.2, -0.15) is 0 Å². The van der Waals surface area contributed by atoms with Gasteiger partial charge in [-0.15, -0.1) is 0 Å².